The van der Waals surface area contributed by atoms with Gasteiger partial charge >= 0.3 is 5.97 Å². The van der Waals surface area contributed by atoms with E-state index >= 15 is 0 Å². The van der Waals surface area contributed by atoms with E-state index in [1.54, 1.807) is 0 Å². The van der Waals surface area contributed by atoms with E-state index in [0.29, 0.717) is 5.92 Å². The zero-order chi connectivity index (χ0) is 13.1. The third kappa shape index (κ3) is 2.91. The van der Waals surface area contributed by atoms with Gasteiger partial charge in [-0.2, -0.15) is 0 Å². The maximum Gasteiger partial charge on any atom is 0.317 e. The van der Waals surface area contributed by atoms with Crippen LogP contribution in [0.4, 0.5) is 0 Å². The van der Waals surface area contributed by atoms with Crippen LogP contribution in [0.1, 0.15) is 36.9 Å². The predicted molar refractivity (Wildman–Crippen MR) is 71.5 cm³/mol. The maximum atomic E-state index is 11.0. The number of benzene rings is 1. The number of rotatable bonds is 3. The number of piperidine rings is 1. The number of carboxylic acid groups (broad SMARTS) is 1. The standard InChI is InChI=1S/C15H21NO2/c1-11-5-7-13(8-6-11)15-12(2)4-3-9-16(15)10-14(17)18/h5-8,12,15H,3-4,9-10H2,1-2H3,(H,17,18)/t12-,15-/m0/s1. The molecule has 98 valence electrons. The molecular weight excluding hydrogens is 226 g/mol. The van der Waals surface area contributed by atoms with Crippen molar-refractivity contribution in [1.29, 1.82) is 0 Å². The van der Waals surface area contributed by atoms with Crippen molar-refractivity contribution in [1.82, 2.24) is 4.90 Å². The van der Waals surface area contributed by atoms with Gasteiger partial charge in [-0.15, -0.1) is 0 Å². The molecule has 1 saturated heterocycles. The lowest BCUT2D eigenvalue weighted by molar-refractivity contribution is -0.139. The summed E-state index contributed by atoms with van der Waals surface area (Å²) < 4.78 is 0. The minimum absolute atomic E-state index is 0.142. The van der Waals surface area contributed by atoms with Crippen LogP contribution in [0.25, 0.3) is 0 Å². The Hall–Kier alpha value is -1.35. The quantitative estimate of drug-likeness (QED) is 0.893. The smallest absolute Gasteiger partial charge is 0.317 e. The summed E-state index contributed by atoms with van der Waals surface area (Å²) >= 11 is 0. The van der Waals surface area contributed by atoms with Crippen molar-refractivity contribution in [2.24, 2.45) is 5.92 Å². The first-order chi connectivity index (χ1) is 8.58. The van der Waals surface area contributed by atoms with Crippen LogP contribution in [0.2, 0.25) is 0 Å². The van der Waals surface area contributed by atoms with E-state index in [9.17, 15) is 4.79 Å². The van der Waals surface area contributed by atoms with E-state index in [1.165, 1.54) is 17.5 Å². The van der Waals surface area contributed by atoms with Crippen LogP contribution in [0.15, 0.2) is 24.3 Å². The zero-order valence-electron chi connectivity index (χ0n) is 11.1. The number of carboxylic acids is 1. The molecule has 18 heavy (non-hydrogen) atoms. The number of hydrogen-bond acceptors (Lipinski definition) is 2. The van der Waals surface area contributed by atoms with Crippen molar-refractivity contribution in [3.8, 4) is 0 Å². The van der Waals surface area contributed by atoms with Crippen LogP contribution >= 0.6 is 0 Å². The van der Waals surface area contributed by atoms with Crippen LogP contribution in [0, 0.1) is 12.8 Å². The Bertz CT molecular complexity index is 413. The molecule has 3 nitrogen and oxygen atoms in total. The molecule has 1 aliphatic heterocycles. The first-order valence-electron chi connectivity index (χ1n) is 6.60. The summed E-state index contributed by atoms with van der Waals surface area (Å²) in [6, 6.07) is 8.73. The highest BCUT2D eigenvalue weighted by Gasteiger charge is 2.30. The lowest BCUT2D eigenvalue weighted by atomic mass is 9.86. The Morgan fingerprint density at radius 1 is 1.39 bits per heavy atom. The third-order valence-electron chi connectivity index (χ3n) is 3.79. The third-order valence-corrected chi connectivity index (χ3v) is 3.79. The van der Waals surface area contributed by atoms with Crippen LogP contribution in [-0.4, -0.2) is 29.1 Å². The van der Waals surface area contributed by atoms with Gasteiger partial charge in [0.2, 0.25) is 0 Å². The number of nitrogens with zero attached hydrogens (tertiary/aromatic N) is 1. The molecule has 1 heterocycles. The molecule has 0 unspecified atom stereocenters. The van der Waals surface area contributed by atoms with Gasteiger partial charge in [-0.3, -0.25) is 9.69 Å². The van der Waals surface area contributed by atoms with Crippen molar-refractivity contribution in [3.63, 3.8) is 0 Å². The van der Waals surface area contributed by atoms with Crippen LogP contribution in [0.5, 0.6) is 0 Å². The van der Waals surface area contributed by atoms with E-state index in [1.807, 2.05) is 0 Å². The minimum atomic E-state index is -0.735. The lowest BCUT2D eigenvalue weighted by Crippen LogP contribution is -2.40. The van der Waals surface area contributed by atoms with E-state index in [2.05, 4.69) is 43.0 Å². The second-order valence-corrected chi connectivity index (χ2v) is 5.34. The Morgan fingerprint density at radius 2 is 2.06 bits per heavy atom. The average Bonchev–Trinajstić information content (AvgIpc) is 2.30. The molecule has 1 aromatic carbocycles. The number of likely N-dealkylation sites (tertiary alicyclic amines) is 1. The van der Waals surface area contributed by atoms with Crippen molar-refractivity contribution in [2.45, 2.75) is 32.7 Å². The molecule has 0 saturated carbocycles. The molecule has 1 N–H and O–H groups in total. The number of carbonyl (C=O) groups is 1. The normalized spacial score (nSPS) is 25.0. The van der Waals surface area contributed by atoms with Crippen molar-refractivity contribution in [3.05, 3.63) is 35.4 Å². The van der Waals surface area contributed by atoms with Gasteiger partial charge in [-0.05, 0) is 37.8 Å². The summed E-state index contributed by atoms with van der Waals surface area (Å²) in [4.78, 5) is 13.1. The summed E-state index contributed by atoms with van der Waals surface area (Å²) in [5.74, 6) is -0.220. The van der Waals surface area contributed by atoms with Crippen LogP contribution < -0.4 is 0 Å². The monoisotopic (exact) mass is 247 g/mol. The molecule has 2 atom stereocenters. The molecule has 2 rings (SSSR count). The fourth-order valence-electron chi connectivity index (χ4n) is 2.93. The zero-order valence-corrected chi connectivity index (χ0v) is 11.1. The first-order valence-corrected chi connectivity index (χ1v) is 6.60. The Kier molecular flexibility index (Phi) is 4.02. The fraction of sp³-hybridized carbons (Fsp3) is 0.533. The molecule has 0 aliphatic carbocycles. The summed E-state index contributed by atoms with van der Waals surface area (Å²) in [5.41, 5.74) is 2.49. The Morgan fingerprint density at radius 3 is 2.67 bits per heavy atom. The molecule has 0 bridgehead atoms. The summed E-state index contributed by atoms with van der Waals surface area (Å²) in [6.45, 7) is 5.32. The minimum Gasteiger partial charge on any atom is -0.480 e. The second-order valence-electron chi connectivity index (χ2n) is 5.34. The van der Waals surface area contributed by atoms with E-state index in [4.69, 9.17) is 5.11 Å². The SMILES string of the molecule is Cc1ccc([C@@H]2[C@@H](C)CCCN2CC(=O)O)cc1. The topological polar surface area (TPSA) is 40.5 Å². The van der Waals surface area contributed by atoms with Gasteiger partial charge in [0.15, 0.2) is 0 Å². The number of hydrogen-bond donors (Lipinski definition) is 1. The van der Waals surface area contributed by atoms with Gasteiger partial charge in [0.05, 0.1) is 6.54 Å². The van der Waals surface area contributed by atoms with Gasteiger partial charge < -0.3 is 5.11 Å². The van der Waals surface area contributed by atoms with Crippen molar-refractivity contribution >= 4 is 5.97 Å². The fourth-order valence-corrected chi connectivity index (χ4v) is 2.93. The molecule has 1 aliphatic rings. The van der Waals surface area contributed by atoms with Gasteiger partial charge in [0.1, 0.15) is 0 Å². The van der Waals surface area contributed by atoms with Crippen LogP contribution in [-0.2, 0) is 4.79 Å². The van der Waals surface area contributed by atoms with E-state index in [-0.39, 0.29) is 12.6 Å². The van der Waals surface area contributed by atoms with E-state index < -0.39 is 5.97 Å². The van der Waals surface area contributed by atoms with Crippen molar-refractivity contribution < 1.29 is 9.90 Å². The van der Waals surface area contributed by atoms with Crippen molar-refractivity contribution in [2.75, 3.05) is 13.1 Å². The largest absolute Gasteiger partial charge is 0.480 e. The second kappa shape index (κ2) is 5.53. The molecule has 0 aromatic heterocycles. The van der Waals surface area contributed by atoms with E-state index in [0.717, 1.165) is 13.0 Å². The highest BCUT2D eigenvalue weighted by Crippen LogP contribution is 2.35. The predicted octanol–water partition coefficient (Wildman–Crippen LogP) is 2.85. The highest BCUT2D eigenvalue weighted by atomic mass is 16.4. The first kappa shape index (κ1) is 13.1. The summed E-state index contributed by atoms with van der Waals surface area (Å²) in [5, 5.41) is 9.02. The molecule has 0 spiro atoms. The summed E-state index contributed by atoms with van der Waals surface area (Å²) in [6.07, 6.45) is 2.27. The lowest BCUT2D eigenvalue weighted by Gasteiger charge is -2.39. The van der Waals surface area contributed by atoms with Gasteiger partial charge in [-0.1, -0.05) is 36.8 Å². The number of aryl methyl sites for hydroxylation is 1. The summed E-state index contributed by atoms with van der Waals surface area (Å²) in [7, 11) is 0. The van der Waals surface area contributed by atoms with Gasteiger partial charge in [0.25, 0.3) is 0 Å². The molecule has 1 fully saturated rings. The molecule has 1 aromatic rings. The van der Waals surface area contributed by atoms with Gasteiger partial charge in [0, 0.05) is 6.04 Å². The number of aliphatic carboxylic acids is 1. The van der Waals surface area contributed by atoms with Crippen LogP contribution in [0.3, 0.4) is 0 Å². The molecule has 0 radical (unpaired) electrons. The average molecular weight is 247 g/mol. The Labute approximate surface area is 108 Å². The maximum absolute atomic E-state index is 11.0. The van der Waals surface area contributed by atoms with Gasteiger partial charge in [-0.25, -0.2) is 0 Å². The molecular formula is C15H21NO2. The highest BCUT2D eigenvalue weighted by molar-refractivity contribution is 5.69. The molecule has 0 amide bonds. The molecule has 3 heteroatoms. The Balaban J connectivity index is 2.23.